The first-order valence-corrected chi connectivity index (χ1v) is 9.07. The Morgan fingerprint density at radius 1 is 1.04 bits per heavy atom. The van der Waals surface area contributed by atoms with Crippen molar-refractivity contribution in [2.24, 2.45) is 5.92 Å². The van der Waals surface area contributed by atoms with Gasteiger partial charge in [0.25, 0.3) is 0 Å². The number of anilines is 2. The van der Waals surface area contributed by atoms with Crippen LogP contribution in [-0.2, 0) is 11.3 Å². The van der Waals surface area contributed by atoms with Gasteiger partial charge >= 0.3 is 6.03 Å². The largest absolute Gasteiger partial charge is 0.334 e. The molecule has 3 aromatic rings. The highest BCUT2D eigenvalue weighted by Crippen LogP contribution is 2.30. The van der Waals surface area contributed by atoms with Crippen molar-refractivity contribution in [1.82, 2.24) is 20.1 Å². The molecule has 0 saturated heterocycles. The molecule has 0 spiro atoms. The summed E-state index contributed by atoms with van der Waals surface area (Å²) in [5, 5.41) is 12.6. The Labute approximate surface area is 162 Å². The first kappa shape index (κ1) is 17.7. The first-order valence-electron chi connectivity index (χ1n) is 9.07. The van der Waals surface area contributed by atoms with Gasteiger partial charge in [-0.1, -0.05) is 12.1 Å². The molecule has 2 aromatic carbocycles. The van der Waals surface area contributed by atoms with Gasteiger partial charge in [0.2, 0.25) is 5.91 Å². The van der Waals surface area contributed by atoms with E-state index in [1.807, 2.05) is 24.3 Å². The minimum absolute atomic E-state index is 0.0616. The summed E-state index contributed by atoms with van der Waals surface area (Å²) in [5.74, 6) is 0.221. The fourth-order valence-corrected chi connectivity index (χ4v) is 2.73. The molecule has 1 aliphatic rings. The third kappa shape index (κ3) is 4.53. The monoisotopic (exact) mass is 376 g/mol. The van der Waals surface area contributed by atoms with E-state index in [-0.39, 0.29) is 17.9 Å². The Bertz CT molecular complexity index is 965. The van der Waals surface area contributed by atoms with Gasteiger partial charge in [0.1, 0.15) is 12.7 Å². The molecule has 142 valence electrons. The van der Waals surface area contributed by atoms with Gasteiger partial charge in [0.05, 0.1) is 5.69 Å². The zero-order valence-electron chi connectivity index (χ0n) is 15.1. The van der Waals surface area contributed by atoms with E-state index in [9.17, 15) is 9.59 Å². The lowest BCUT2D eigenvalue weighted by molar-refractivity contribution is -0.117. The highest BCUT2D eigenvalue weighted by Gasteiger charge is 2.29. The van der Waals surface area contributed by atoms with E-state index in [1.165, 1.54) is 6.33 Å². The first-order chi connectivity index (χ1) is 13.7. The zero-order chi connectivity index (χ0) is 19.3. The molecule has 1 aliphatic carbocycles. The summed E-state index contributed by atoms with van der Waals surface area (Å²) < 4.78 is 1.66. The number of nitrogens with one attached hydrogen (secondary N) is 3. The molecule has 0 unspecified atom stereocenters. The molecule has 3 amide bonds. The fourth-order valence-electron chi connectivity index (χ4n) is 2.73. The van der Waals surface area contributed by atoms with Crippen LogP contribution in [0.25, 0.3) is 5.69 Å². The average molecular weight is 376 g/mol. The second-order valence-electron chi connectivity index (χ2n) is 6.66. The average Bonchev–Trinajstić information content (AvgIpc) is 3.42. The van der Waals surface area contributed by atoms with Gasteiger partial charge in [-0.15, -0.1) is 0 Å². The molecule has 8 nitrogen and oxygen atoms in total. The SMILES string of the molecule is O=C(NCc1cccc(-n2cncn2)c1)Nc1ccc(NC(=O)C2CC2)cc1. The van der Waals surface area contributed by atoms with Crippen LogP contribution in [0.5, 0.6) is 0 Å². The van der Waals surface area contributed by atoms with Gasteiger partial charge in [0.15, 0.2) is 0 Å². The highest BCUT2D eigenvalue weighted by atomic mass is 16.2. The van der Waals surface area contributed by atoms with Crippen molar-refractivity contribution >= 4 is 23.3 Å². The van der Waals surface area contributed by atoms with Crippen LogP contribution in [0, 0.1) is 5.92 Å². The van der Waals surface area contributed by atoms with Crippen molar-refractivity contribution in [1.29, 1.82) is 0 Å². The predicted octanol–water partition coefficient (Wildman–Crippen LogP) is 2.94. The number of aromatic nitrogens is 3. The summed E-state index contributed by atoms with van der Waals surface area (Å²) in [4.78, 5) is 27.8. The molecule has 0 bridgehead atoms. The quantitative estimate of drug-likeness (QED) is 0.616. The van der Waals surface area contributed by atoms with Crippen LogP contribution in [0.3, 0.4) is 0 Å². The van der Waals surface area contributed by atoms with Crippen molar-refractivity contribution in [2.75, 3.05) is 10.6 Å². The van der Waals surface area contributed by atoms with E-state index in [4.69, 9.17) is 0 Å². The summed E-state index contributed by atoms with van der Waals surface area (Å²) in [6.07, 6.45) is 5.03. The van der Waals surface area contributed by atoms with Crippen LogP contribution < -0.4 is 16.0 Å². The third-order valence-electron chi connectivity index (χ3n) is 4.41. The Morgan fingerprint density at radius 2 is 1.79 bits per heavy atom. The Kier molecular flexibility index (Phi) is 5.01. The molecular formula is C20H20N6O2. The lowest BCUT2D eigenvalue weighted by atomic mass is 10.2. The van der Waals surface area contributed by atoms with Crippen molar-refractivity contribution < 1.29 is 9.59 Å². The molecule has 1 aromatic heterocycles. The number of rotatable bonds is 6. The Balaban J connectivity index is 1.28. The van der Waals surface area contributed by atoms with Crippen LogP contribution in [0.2, 0.25) is 0 Å². The molecule has 1 saturated carbocycles. The lowest BCUT2D eigenvalue weighted by Gasteiger charge is -2.10. The maximum atomic E-state index is 12.1. The van der Waals surface area contributed by atoms with Gasteiger partial charge in [0, 0.05) is 23.8 Å². The standard InChI is InChI=1S/C20H20N6O2/c27-19(15-4-5-15)24-16-6-8-17(9-7-16)25-20(28)22-11-14-2-1-3-18(10-14)26-13-21-12-23-26/h1-3,6-10,12-13,15H,4-5,11H2,(H,24,27)(H2,22,25,28). The van der Waals surface area contributed by atoms with E-state index in [2.05, 4.69) is 26.0 Å². The summed E-state index contributed by atoms with van der Waals surface area (Å²) in [6.45, 7) is 0.379. The van der Waals surface area contributed by atoms with Gasteiger partial charge < -0.3 is 16.0 Å². The number of nitrogens with zero attached hydrogens (tertiary/aromatic N) is 3. The zero-order valence-corrected chi connectivity index (χ0v) is 15.1. The smallest absolute Gasteiger partial charge is 0.319 e. The third-order valence-corrected chi connectivity index (χ3v) is 4.41. The minimum atomic E-state index is -0.305. The summed E-state index contributed by atoms with van der Waals surface area (Å²) in [6, 6.07) is 14.4. The topological polar surface area (TPSA) is 101 Å². The maximum Gasteiger partial charge on any atom is 0.319 e. The van der Waals surface area contributed by atoms with Crippen molar-refractivity contribution in [3.63, 3.8) is 0 Å². The molecule has 1 fully saturated rings. The maximum absolute atomic E-state index is 12.1. The van der Waals surface area contributed by atoms with E-state index >= 15 is 0 Å². The second-order valence-corrected chi connectivity index (χ2v) is 6.66. The Hall–Kier alpha value is -3.68. The number of carbonyl (C=O) groups is 2. The summed E-state index contributed by atoms with van der Waals surface area (Å²) in [7, 11) is 0. The molecule has 0 radical (unpaired) electrons. The fraction of sp³-hybridized carbons (Fsp3) is 0.200. The number of hydrogen-bond donors (Lipinski definition) is 3. The number of urea groups is 1. The molecule has 28 heavy (non-hydrogen) atoms. The molecule has 3 N–H and O–H groups in total. The minimum Gasteiger partial charge on any atom is -0.334 e. The van der Waals surface area contributed by atoms with Gasteiger partial charge in [-0.3, -0.25) is 4.79 Å². The predicted molar refractivity (Wildman–Crippen MR) is 105 cm³/mol. The molecular weight excluding hydrogens is 356 g/mol. The second kappa shape index (κ2) is 7.91. The molecule has 0 aliphatic heterocycles. The molecule has 0 atom stereocenters. The van der Waals surface area contributed by atoms with Crippen LogP contribution in [0.15, 0.2) is 61.2 Å². The summed E-state index contributed by atoms with van der Waals surface area (Å²) in [5.41, 5.74) is 3.20. The molecule has 1 heterocycles. The number of hydrogen-bond acceptors (Lipinski definition) is 4. The van der Waals surface area contributed by atoms with Gasteiger partial charge in [-0.2, -0.15) is 5.10 Å². The van der Waals surface area contributed by atoms with Gasteiger partial charge in [-0.05, 0) is 54.8 Å². The highest BCUT2D eigenvalue weighted by molar-refractivity contribution is 5.94. The van der Waals surface area contributed by atoms with Crippen LogP contribution in [0.1, 0.15) is 18.4 Å². The van der Waals surface area contributed by atoms with Crippen molar-refractivity contribution in [3.8, 4) is 5.69 Å². The van der Waals surface area contributed by atoms with Crippen LogP contribution in [-0.4, -0.2) is 26.7 Å². The molecule has 4 rings (SSSR count). The molecule has 8 heteroatoms. The summed E-state index contributed by atoms with van der Waals surface area (Å²) >= 11 is 0. The number of amides is 3. The van der Waals surface area contributed by atoms with E-state index < -0.39 is 0 Å². The van der Waals surface area contributed by atoms with Gasteiger partial charge in [-0.25, -0.2) is 14.5 Å². The normalized spacial score (nSPS) is 13.0. The number of carbonyl (C=O) groups excluding carboxylic acids is 2. The Morgan fingerprint density at radius 3 is 2.46 bits per heavy atom. The lowest BCUT2D eigenvalue weighted by Crippen LogP contribution is -2.28. The van der Waals surface area contributed by atoms with Crippen LogP contribution in [0.4, 0.5) is 16.2 Å². The van der Waals surface area contributed by atoms with E-state index in [0.717, 1.165) is 29.8 Å². The van der Waals surface area contributed by atoms with Crippen molar-refractivity contribution in [3.05, 3.63) is 66.7 Å². The van der Waals surface area contributed by atoms with Crippen LogP contribution >= 0.6 is 0 Å². The van der Waals surface area contributed by atoms with E-state index in [1.54, 1.807) is 35.3 Å². The van der Waals surface area contributed by atoms with E-state index in [0.29, 0.717) is 12.2 Å². The van der Waals surface area contributed by atoms with Crippen molar-refractivity contribution in [2.45, 2.75) is 19.4 Å². The number of benzene rings is 2.